The fraction of sp³-hybridized carbons (Fsp3) is 0.765. The quantitative estimate of drug-likeness (QED) is 0.101. The third-order valence-electron chi connectivity index (χ3n) is 9.99. The molecule has 8 heteroatoms. The first-order valence-corrected chi connectivity index (χ1v) is 16.0. The van der Waals surface area contributed by atoms with Crippen molar-refractivity contribution in [2.24, 2.45) is 22.7 Å². The highest BCUT2D eigenvalue weighted by molar-refractivity contribution is 5.69. The topological polar surface area (TPSA) is 112 Å². The van der Waals surface area contributed by atoms with E-state index in [1.807, 2.05) is 13.8 Å². The molecule has 0 aromatic heterocycles. The fourth-order valence-corrected chi connectivity index (χ4v) is 7.58. The van der Waals surface area contributed by atoms with Gasteiger partial charge in [0.05, 0.1) is 11.5 Å². The fourth-order valence-electron chi connectivity index (χ4n) is 7.58. The molecule has 3 aliphatic rings. The van der Waals surface area contributed by atoms with Crippen LogP contribution in [0.4, 0.5) is 0 Å². The summed E-state index contributed by atoms with van der Waals surface area (Å²) < 4.78 is 24.5. The minimum atomic E-state index is -1.40. The van der Waals surface area contributed by atoms with Crippen LogP contribution < -0.4 is 0 Å². The number of unbranched alkanes of at least 4 members (excludes halogenated alkanes) is 6. The van der Waals surface area contributed by atoms with Crippen LogP contribution in [0.25, 0.3) is 0 Å². The summed E-state index contributed by atoms with van der Waals surface area (Å²) in [5.74, 6) is -1.37. The maximum Gasteiger partial charge on any atom is 0.306 e. The van der Waals surface area contributed by atoms with Gasteiger partial charge < -0.3 is 29.2 Å². The van der Waals surface area contributed by atoms with Gasteiger partial charge in [-0.25, -0.2) is 0 Å². The number of carbonyl (C=O) groups is 2. The second kappa shape index (κ2) is 15.1. The molecule has 0 radical (unpaired) electrons. The van der Waals surface area contributed by atoms with Crippen LogP contribution in [0.3, 0.4) is 0 Å². The maximum atomic E-state index is 13.4. The van der Waals surface area contributed by atoms with Crippen LogP contribution in [0.1, 0.15) is 106 Å². The predicted octanol–water partition coefficient (Wildman–Crippen LogP) is 6.15. The summed E-state index contributed by atoms with van der Waals surface area (Å²) in [6.07, 6.45) is 9.55. The Hall–Kier alpha value is -2.00. The highest BCUT2D eigenvalue weighted by atomic mass is 16.7. The summed E-state index contributed by atoms with van der Waals surface area (Å²) in [6.45, 7) is 15.7. The van der Waals surface area contributed by atoms with Gasteiger partial charge in [-0.3, -0.25) is 9.59 Å². The van der Waals surface area contributed by atoms with E-state index in [1.165, 1.54) is 32.6 Å². The molecule has 1 saturated carbocycles. The average Bonchev–Trinajstić information content (AvgIpc) is 3.21. The van der Waals surface area contributed by atoms with Crippen molar-refractivity contribution in [2.45, 2.75) is 137 Å². The normalized spacial score (nSPS) is 36.0. The number of rotatable bonds is 15. The van der Waals surface area contributed by atoms with Crippen molar-refractivity contribution < 1.29 is 38.7 Å². The molecule has 238 valence electrons. The SMILES string of the molecule is C=C/C(C)=C\C[C@]1(C)[C@H]2C[C@@H](O)C=C3[C@@H](O)O[C@H](OC(C)=O)[C@@]32[C@H](OCC)[C@@H](OC(=O)CCCCCCCCC)[C@@H]1C. The highest BCUT2D eigenvalue weighted by Gasteiger charge is 2.74. The van der Waals surface area contributed by atoms with Crippen molar-refractivity contribution in [3.63, 3.8) is 0 Å². The second-order valence-corrected chi connectivity index (χ2v) is 12.7. The lowest BCUT2D eigenvalue weighted by atomic mass is 9.44. The van der Waals surface area contributed by atoms with Gasteiger partial charge in [0.1, 0.15) is 12.2 Å². The van der Waals surface area contributed by atoms with Crippen molar-refractivity contribution in [2.75, 3.05) is 6.61 Å². The highest BCUT2D eigenvalue weighted by Crippen LogP contribution is 2.67. The first-order chi connectivity index (χ1) is 20.0. The molecule has 0 amide bonds. The average molecular weight is 591 g/mol. The van der Waals surface area contributed by atoms with Crippen molar-refractivity contribution in [3.05, 3.63) is 36.0 Å². The Balaban J connectivity index is 2.04. The minimum absolute atomic E-state index is 0.196. The van der Waals surface area contributed by atoms with E-state index in [0.29, 0.717) is 31.4 Å². The molecule has 1 aliphatic heterocycles. The van der Waals surface area contributed by atoms with Gasteiger partial charge in [0.15, 0.2) is 6.29 Å². The molecule has 2 N–H and O–H groups in total. The van der Waals surface area contributed by atoms with E-state index < -0.39 is 47.7 Å². The Labute approximate surface area is 252 Å². The lowest BCUT2D eigenvalue weighted by molar-refractivity contribution is -0.282. The summed E-state index contributed by atoms with van der Waals surface area (Å²) in [5, 5.41) is 22.2. The van der Waals surface area contributed by atoms with E-state index in [1.54, 1.807) is 12.2 Å². The molecule has 1 saturated heterocycles. The molecule has 2 aliphatic carbocycles. The number of carbonyl (C=O) groups excluding carboxylic acids is 2. The molecular formula is C34H54O8. The Kier molecular flexibility index (Phi) is 12.4. The molecule has 1 heterocycles. The van der Waals surface area contributed by atoms with E-state index in [0.717, 1.165) is 24.8 Å². The van der Waals surface area contributed by atoms with E-state index in [-0.39, 0.29) is 17.8 Å². The zero-order valence-corrected chi connectivity index (χ0v) is 26.6. The van der Waals surface area contributed by atoms with Crippen LogP contribution in [0.2, 0.25) is 0 Å². The van der Waals surface area contributed by atoms with Gasteiger partial charge in [-0.15, -0.1) is 0 Å². The zero-order chi connectivity index (χ0) is 31.1. The number of aliphatic hydroxyl groups excluding tert-OH is 2. The molecule has 0 bridgehead atoms. The Morgan fingerprint density at radius 3 is 2.38 bits per heavy atom. The molecule has 3 rings (SSSR count). The minimum Gasteiger partial charge on any atom is -0.459 e. The molecular weight excluding hydrogens is 536 g/mol. The van der Waals surface area contributed by atoms with Gasteiger partial charge in [-0.2, -0.15) is 0 Å². The molecule has 9 atom stereocenters. The number of hydrogen-bond donors (Lipinski definition) is 2. The van der Waals surface area contributed by atoms with Gasteiger partial charge in [0.2, 0.25) is 6.29 Å². The van der Waals surface area contributed by atoms with Crippen molar-refractivity contribution >= 4 is 11.9 Å². The van der Waals surface area contributed by atoms with Crippen molar-refractivity contribution in [3.8, 4) is 0 Å². The van der Waals surface area contributed by atoms with Crippen LogP contribution in [-0.4, -0.2) is 59.7 Å². The maximum absolute atomic E-state index is 13.4. The molecule has 2 fully saturated rings. The Morgan fingerprint density at radius 1 is 1.10 bits per heavy atom. The summed E-state index contributed by atoms with van der Waals surface area (Å²) in [4.78, 5) is 25.7. The molecule has 0 aromatic carbocycles. The van der Waals surface area contributed by atoms with Gasteiger partial charge in [-0.1, -0.05) is 89.7 Å². The van der Waals surface area contributed by atoms with E-state index >= 15 is 0 Å². The van der Waals surface area contributed by atoms with Gasteiger partial charge in [0, 0.05) is 25.9 Å². The Bertz CT molecular complexity index is 1000. The van der Waals surface area contributed by atoms with Crippen LogP contribution in [0.5, 0.6) is 0 Å². The van der Waals surface area contributed by atoms with Gasteiger partial charge in [-0.05, 0) is 50.0 Å². The molecule has 42 heavy (non-hydrogen) atoms. The van der Waals surface area contributed by atoms with Crippen molar-refractivity contribution in [1.82, 2.24) is 0 Å². The van der Waals surface area contributed by atoms with Crippen LogP contribution >= 0.6 is 0 Å². The summed E-state index contributed by atoms with van der Waals surface area (Å²) >= 11 is 0. The number of aliphatic hydroxyl groups is 2. The lowest BCUT2D eigenvalue weighted by Gasteiger charge is -2.63. The lowest BCUT2D eigenvalue weighted by Crippen LogP contribution is -2.69. The van der Waals surface area contributed by atoms with Gasteiger partial charge in [0.25, 0.3) is 0 Å². The number of esters is 2. The van der Waals surface area contributed by atoms with Gasteiger partial charge >= 0.3 is 11.9 Å². The summed E-state index contributed by atoms with van der Waals surface area (Å²) in [5.41, 5.74) is -0.300. The first-order valence-electron chi connectivity index (χ1n) is 16.0. The standard InChI is InChI=1S/C34H54O8/c1-8-11-12-13-14-15-16-17-28(37)41-29-23(5)33(7,19-18-22(4)9-2)27-21-25(36)20-26-31(38)42-32(40-24(6)35)34(26,27)30(29)39-10-3/h9,18,20,23,25,27,29-32,36,38H,2,8,10-17,19,21H2,1,3-7H3/b22-18-/t23-,25-,27+,29-,30+,31-,32-,33-,34-/m0/s1. The van der Waals surface area contributed by atoms with E-state index in [2.05, 4.69) is 33.4 Å². The Morgan fingerprint density at radius 2 is 1.76 bits per heavy atom. The number of allylic oxidation sites excluding steroid dienone is 3. The largest absolute Gasteiger partial charge is 0.459 e. The third kappa shape index (κ3) is 7.03. The summed E-state index contributed by atoms with van der Waals surface area (Å²) in [6, 6.07) is 0. The second-order valence-electron chi connectivity index (χ2n) is 12.7. The zero-order valence-electron chi connectivity index (χ0n) is 26.6. The number of ether oxygens (including phenoxy) is 4. The molecule has 8 nitrogen and oxygen atoms in total. The smallest absolute Gasteiger partial charge is 0.306 e. The molecule has 1 spiro atoms. The third-order valence-corrected chi connectivity index (χ3v) is 9.99. The van der Waals surface area contributed by atoms with Crippen LogP contribution in [0.15, 0.2) is 36.0 Å². The van der Waals surface area contributed by atoms with E-state index in [4.69, 9.17) is 18.9 Å². The number of hydrogen-bond acceptors (Lipinski definition) is 8. The monoisotopic (exact) mass is 590 g/mol. The van der Waals surface area contributed by atoms with Crippen LogP contribution in [0, 0.1) is 22.7 Å². The van der Waals surface area contributed by atoms with Crippen LogP contribution in [-0.2, 0) is 28.5 Å². The summed E-state index contributed by atoms with van der Waals surface area (Å²) in [7, 11) is 0. The molecule has 0 unspecified atom stereocenters. The van der Waals surface area contributed by atoms with E-state index in [9.17, 15) is 19.8 Å². The predicted molar refractivity (Wildman–Crippen MR) is 161 cm³/mol. The first kappa shape index (κ1) is 34.5. The van der Waals surface area contributed by atoms with Crippen molar-refractivity contribution in [1.29, 1.82) is 0 Å². The molecule has 0 aromatic rings.